The highest BCUT2D eigenvalue weighted by atomic mass is 16.6. The molecule has 2 N–H and O–H groups in total. The Balaban J connectivity index is 1.97. The third-order valence-electron chi connectivity index (χ3n) is 3.98. The number of aliphatic hydroxyl groups excluding tert-OH is 1. The lowest BCUT2D eigenvalue weighted by Gasteiger charge is -2.36. The maximum Gasteiger partial charge on any atom is 0.412 e. The van der Waals surface area contributed by atoms with E-state index in [2.05, 4.69) is 15.1 Å². The maximum absolute atomic E-state index is 11.3. The molecular weight excluding hydrogens is 298 g/mol. The molecule has 1 aliphatic heterocycles. The second-order valence-electron chi connectivity index (χ2n) is 5.57. The average molecular weight is 323 g/mol. The fraction of sp³-hybridized carbons (Fsp3) is 0.562. The lowest BCUT2D eigenvalue weighted by atomic mass is 10.1. The number of nitrogens with zero attached hydrogens (tertiary/aromatic N) is 2. The van der Waals surface area contributed by atoms with Crippen molar-refractivity contribution in [3.63, 3.8) is 0 Å². The molecule has 7 heteroatoms. The second-order valence-corrected chi connectivity index (χ2v) is 5.57. The highest BCUT2D eigenvalue weighted by Crippen LogP contribution is 2.28. The Morgan fingerprint density at radius 2 is 2.00 bits per heavy atom. The number of hydrogen-bond acceptors (Lipinski definition) is 6. The molecule has 0 aliphatic carbocycles. The fourth-order valence-electron chi connectivity index (χ4n) is 2.60. The number of piperazine rings is 1. The van der Waals surface area contributed by atoms with E-state index in [-0.39, 0.29) is 0 Å². The van der Waals surface area contributed by atoms with Gasteiger partial charge in [-0.1, -0.05) is 6.07 Å². The molecule has 0 aromatic heterocycles. The summed E-state index contributed by atoms with van der Waals surface area (Å²) < 4.78 is 10.5. The molecule has 1 fully saturated rings. The zero-order valence-corrected chi connectivity index (χ0v) is 13.9. The Hall–Kier alpha value is -1.83. The van der Waals surface area contributed by atoms with Gasteiger partial charge >= 0.3 is 6.09 Å². The van der Waals surface area contributed by atoms with Crippen molar-refractivity contribution in [1.29, 1.82) is 0 Å². The van der Waals surface area contributed by atoms with Gasteiger partial charge in [-0.25, -0.2) is 4.79 Å². The Morgan fingerprint density at radius 1 is 1.30 bits per heavy atom. The molecular formula is C16H25N3O4. The fourth-order valence-corrected chi connectivity index (χ4v) is 2.60. The van der Waals surface area contributed by atoms with Gasteiger partial charge in [0.05, 0.1) is 7.11 Å². The number of nitrogens with one attached hydrogen (secondary N) is 1. The van der Waals surface area contributed by atoms with Gasteiger partial charge < -0.3 is 19.9 Å². The van der Waals surface area contributed by atoms with E-state index >= 15 is 0 Å². The Bertz CT molecular complexity index is 528. The number of aliphatic hydroxyl groups is 1. The summed E-state index contributed by atoms with van der Waals surface area (Å²) in [6.07, 6.45) is -0.913. The Kier molecular flexibility index (Phi) is 6.20. The first-order valence-electron chi connectivity index (χ1n) is 7.74. The third kappa shape index (κ3) is 4.82. The van der Waals surface area contributed by atoms with Crippen LogP contribution in [0.15, 0.2) is 18.2 Å². The number of ether oxygens (including phenoxy) is 2. The second kappa shape index (κ2) is 8.14. The van der Waals surface area contributed by atoms with Crippen molar-refractivity contribution in [1.82, 2.24) is 15.1 Å². The molecule has 1 unspecified atom stereocenters. The van der Waals surface area contributed by atoms with Crippen LogP contribution in [0.5, 0.6) is 11.5 Å². The maximum atomic E-state index is 11.3. The third-order valence-corrected chi connectivity index (χ3v) is 3.98. The van der Waals surface area contributed by atoms with Gasteiger partial charge in [0.2, 0.25) is 0 Å². The van der Waals surface area contributed by atoms with Crippen LogP contribution in [0.2, 0.25) is 0 Å². The monoisotopic (exact) mass is 323 g/mol. The Morgan fingerprint density at radius 3 is 2.57 bits per heavy atom. The smallest absolute Gasteiger partial charge is 0.412 e. The summed E-state index contributed by atoms with van der Waals surface area (Å²) in [7, 11) is 3.06. The highest BCUT2D eigenvalue weighted by molar-refractivity contribution is 5.71. The van der Waals surface area contributed by atoms with Gasteiger partial charge in [-0.3, -0.25) is 9.80 Å². The van der Waals surface area contributed by atoms with Crippen molar-refractivity contribution in [2.75, 3.05) is 40.3 Å². The quantitative estimate of drug-likeness (QED) is 0.837. The Labute approximate surface area is 136 Å². The normalized spacial score (nSPS) is 17.6. The molecule has 0 saturated carbocycles. The van der Waals surface area contributed by atoms with E-state index in [1.54, 1.807) is 20.1 Å². The zero-order chi connectivity index (χ0) is 16.8. The molecule has 2 rings (SSSR count). The van der Waals surface area contributed by atoms with Crippen LogP contribution in [0, 0.1) is 0 Å². The molecule has 1 aliphatic rings. The molecule has 1 saturated heterocycles. The lowest BCUT2D eigenvalue weighted by molar-refractivity contribution is -0.0142. The van der Waals surface area contributed by atoms with E-state index in [0.717, 1.165) is 38.3 Å². The van der Waals surface area contributed by atoms with Gasteiger partial charge in [-0.2, -0.15) is 0 Å². The number of benzene rings is 1. The van der Waals surface area contributed by atoms with Crippen LogP contribution in [0.25, 0.3) is 0 Å². The molecule has 1 amide bonds. The predicted molar refractivity (Wildman–Crippen MR) is 86.6 cm³/mol. The minimum Gasteiger partial charge on any atom is -0.493 e. The van der Waals surface area contributed by atoms with Crippen LogP contribution >= 0.6 is 0 Å². The average Bonchev–Trinajstić information content (AvgIpc) is 2.56. The summed E-state index contributed by atoms with van der Waals surface area (Å²) in [5.74, 6) is 0.934. The number of carbonyl (C=O) groups is 1. The van der Waals surface area contributed by atoms with Gasteiger partial charge in [0.25, 0.3) is 0 Å². The molecule has 1 heterocycles. The molecule has 23 heavy (non-hydrogen) atoms. The van der Waals surface area contributed by atoms with Crippen LogP contribution in [-0.4, -0.2) is 67.6 Å². The number of carbonyl (C=O) groups excluding carboxylic acids is 1. The predicted octanol–water partition coefficient (Wildman–Crippen LogP) is 0.869. The summed E-state index contributed by atoms with van der Waals surface area (Å²) >= 11 is 0. The SMILES string of the molecule is CNC(=O)Oc1ccc(CN2CCN(C(C)O)CC2)cc1OC. The van der Waals surface area contributed by atoms with Gasteiger partial charge in [-0.05, 0) is 24.6 Å². The number of hydrogen-bond donors (Lipinski definition) is 2. The van der Waals surface area contributed by atoms with Crippen molar-refractivity contribution < 1.29 is 19.4 Å². The highest BCUT2D eigenvalue weighted by Gasteiger charge is 2.20. The molecule has 0 spiro atoms. The van der Waals surface area contributed by atoms with Crippen molar-refractivity contribution >= 4 is 6.09 Å². The van der Waals surface area contributed by atoms with Crippen LogP contribution in [0.1, 0.15) is 12.5 Å². The van der Waals surface area contributed by atoms with Crippen molar-refractivity contribution in [3.05, 3.63) is 23.8 Å². The molecule has 1 aromatic carbocycles. The van der Waals surface area contributed by atoms with Crippen LogP contribution in [0.3, 0.4) is 0 Å². The van der Waals surface area contributed by atoms with E-state index < -0.39 is 12.3 Å². The number of methoxy groups -OCH3 is 1. The van der Waals surface area contributed by atoms with E-state index in [0.29, 0.717) is 11.5 Å². The standard InChI is InChI=1S/C16H25N3O4/c1-12(20)19-8-6-18(7-9-19)11-13-4-5-14(15(10-13)22-3)23-16(21)17-2/h4-5,10,12,20H,6-9,11H2,1-3H3,(H,17,21). The molecule has 7 nitrogen and oxygen atoms in total. The van der Waals surface area contributed by atoms with Crippen LogP contribution in [-0.2, 0) is 6.54 Å². The first-order valence-corrected chi connectivity index (χ1v) is 7.74. The van der Waals surface area contributed by atoms with Crippen molar-refractivity contribution in [3.8, 4) is 11.5 Å². The minimum absolute atomic E-state index is 0.390. The molecule has 1 aromatic rings. The molecule has 0 bridgehead atoms. The summed E-state index contributed by atoms with van der Waals surface area (Å²) in [6, 6.07) is 5.57. The van der Waals surface area contributed by atoms with Gasteiger partial charge in [0.15, 0.2) is 11.5 Å². The molecule has 0 radical (unpaired) electrons. The van der Waals surface area contributed by atoms with E-state index in [9.17, 15) is 9.90 Å². The summed E-state index contributed by atoms with van der Waals surface area (Å²) in [4.78, 5) is 15.7. The summed E-state index contributed by atoms with van der Waals surface area (Å²) in [6.45, 7) is 6.11. The van der Waals surface area contributed by atoms with Gasteiger partial charge in [0.1, 0.15) is 6.23 Å². The first kappa shape index (κ1) is 17.5. The minimum atomic E-state index is -0.523. The molecule has 1 atom stereocenters. The first-order chi connectivity index (χ1) is 11.0. The van der Waals surface area contributed by atoms with E-state index in [1.165, 1.54) is 7.05 Å². The van der Waals surface area contributed by atoms with Gasteiger partial charge in [-0.15, -0.1) is 0 Å². The van der Waals surface area contributed by atoms with Gasteiger partial charge in [0, 0.05) is 39.8 Å². The van der Waals surface area contributed by atoms with Crippen molar-refractivity contribution in [2.24, 2.45) is 0 Å². The topological polar surface area (TPSA) is 74.3 Å². The number of amides is 1. The summed E-state index contributed by atoms with van der Waals surface area (Å²) in [5, 5.41) is 12.0. The van der Waals surface area contributed by atoms with E-state index in [1.807, 2.05) is 12.1 Å². The zero-order valence-electron chi connectivity index (χ0n) is 13.9. The van der Waals surface area contributed by atoms with Crippen LogP contribution < -0.4 is 14.8 Å². The van der Waals surface area contributed by atoms with E-state index in [4.69, 9.17) is 9.47 Å². The lowest BCUT2D eigenvalue weighted by Crippen LogP contribution is -2.49. The summed E-state index contributed by atoms with van der Waals surface area (Å²) in [5.41, 5.74) is 1.09. The van der Waals surface area contributed by atoms with Crippen molar-refractivity contribution in [2.45, 2.75) is 19.7 Å². The number of rotatable bonds is 5. The largest absolute Gasteiger partial charge is 0.493 e. The molecule has 128 valence electrons. The van der Waals surface area contributed by atoms with Crippen LogP contribution in [0.4, 0.5) is 4.79 Å².